The average Bonchev–Trinajstić information content (AvgIpc) is 2.43. The molecule has 0 aliphatic carbocycles. The largest absolute Gasteiger partial charge is 0.354 e. The molecule has 0 spiro atoms. The molecule has 7 heteroatoms. The summed E-state index contributed by atoms with van der Waals surface area (Å²) in [6, 6.07) is 3.42. The van der Waals surface area contributed by atoms with Crippen molar-refractivity contribution in [2.24, 2.45) is 0 Å². The molecule has 0 bridgehead atoms. The van der Waals surface area contributed by atoms with Crippen molar-refractivity contribution in [1.82, 2.24) is 10.6 Å². The summed E-state index contributed by atoms with van der Waals surface area (Å²) in [6.45, 7) is 5.63. The Morgan fingerprint density at radius 2 is 2.05 bits per heavy atom. The maximum Gasteiger partial charge on any atom is 0.272 e. The summed E-state index contributed by atoms with van der Waals surface area (Å²) >= 11 is 0. The van der Waals surface area contributed by atoms with Crippen molar-refractivity contribution < 1.29 is 14.5 Å². The van der Waals surface area contributed by atoms with E-state index in [1.807, 2.05) is 6.92 Å². The maximum atomic E-state index is 12.0. The molecule has 0 aliphatic heterocycles. The number of benzene rings is 1. The topological polar surface area (TPSA) is 101 Å². The lowest BCUT2D eigenvalue weighted by Crippen LogP contribution is -2.45. The van der Waals surface area contributed by atoms with Gasteiger partial charge >= 0.3 is 0 Å². The molecule has 0 saturated carbocycles. The number of hydrogen-bond donors (Lipinski definition) is 2. The molecule has 1 rings (SSSR count). The number of carbonyl (C=O) groups excluding carboxylic acids is 2. The number of nitrogens with one attached hydrogen (secondary N) is 2. The van der Waals surface area contributed by atoms with Crippen LogP contribution >= 0.6 is 0 Å². The molecule has 0 unspecified atom stereocenters. The Balaban J connectivity index is 2.74. The highest BCUT2D eigenvalue weighted by Gasteiger charge is 2.18. The van der Waals surface area contributed by atoms with Crippen molar-refractivity contribution in [3.05, 3.63) is 39.4 Å². The predicted molar refractivity (Wildman–Crippen MR) is 78.1 cm³/mol. The number of carbonyl (C=O) groups is 2. The second-order valence-electron chi connectivity index (χ2n) is 4.74. The monoisotopic (exact) mass is 293 g/mol. The third kappa shape index (κ3) is 4.55. The molecule has 0 saturated heterocycles. The first kappa shape index (κ1) is 16.6. The van der Waals surface area contributed by atoms with Gasteiger partial charge < -0.3 is 10.6 Å². The number of nitro groups is 1. The van der Waals surface area contributed by atoms with Crippen LogP contribution in [0.4, 0.5) is 5.69 Å². The molecule has 0 fully saturated rings. The van der Waals surface area contributed by atoms with Crippen LogP contribution in [-0.2, 0) is 4.79 Å². The fraction of sp³-hybridized carbons (Fsp3) is 0.429. The Hall–Kier alpha value is -2.44. The Labute approximate surface area is 122 Å². The van der Waals surface area contributed by atoms with Crippen LogP contribution < -0.4 is 10.6 Å². The first-order chi connectivity index (χ1) is 9.86. The predicted octanol–water partition coefficient (Wildman–Crippen LogP) is 1.55. The fourth-order valence-corrected chi connectivity index (χ4v) is 1.75. The summed E-state index contributed by atoms with van der Waals surface area (Å²) in [5, 5.41) is 16.0. The molecular weight excluding hydrogens is 274 g/mol. The number of amides is 2. The Morgan fingerprint density at radius 1 is 1.38 bits per heavy atom. The van der Waals surface area contributed by atoms with Gasteiger partial charge in [0.1, 0.15) is 6.04 Å². The van der Waals surface area contributed by atoms with Crippen LogP contribution in [0.15, 0.2) is 18.2 Å². The molecule has 21 heavy (non-hydrogen) atoms. The van der Waals surface area contributed by atoms with Gasteiger partial charge in [-0.3, -0.25) is 19.7 Å². The van der Waals surface area contributed by atoms with Gasteiger partial charge in [0.15, 0.2) is 0 Å². The van der Waals surface area contributed by atoms with Crippen LogP contribution in [0.3, 0.4) is 0 Å². The van der Waals surface area contributed by atoms with Crippen LogP contribution in [0.2, 0.25) is 0 Å². The Morgan fingerprint density at radius 3 is 2.57 bits per heavy atom. The van der Waals surface area contributed by atoms with E-state index in [0.29, 0.717) is 12.1 Å². The van der Waals surface area contributed by atoms with Gasteiger partial charge in [0, 0.05) is 23.7 Å². The van der Waals surface area contributed by atoms with Gasteiger partial charge in [0.25, 0.3) is 11.6 Å². The summed E-state index contributed by atoms with van der Waals surface area (Å²) in [5.41, 5.74) is 0.643. The van der Waals surface area contributed by atoms with Crippen molar-refractivity contribution >= 4 is 17.5 Å². The van der Waals surface area contributed by atoms with Crippen molar-refractivity contribution in [1.29, 1.82) is 0 Å². The maximum absolute atomic E-state index is 12.0. The quantitative estimate of drug-likeness (QED) is 0.613. The highest BCUT2D eigenvalue weighted by atomic mass is 16.6. The molecule has 0 aliphatic rings. The number of rotatable bonds is 6. The minimum absolute atomic E-state index is 0.0414. The Bertz CT molecular complexity index is 557. The van der Waals surface area contributed by atoms with Crippen LogP contribution in [0.1, 0.15) is 36.2 Å². The smallest absolute Gasteiger partial charge is 0.272 e. The second-order valence-corrected chi connectivity index (χ2v) is 4.74. The number of nitrogens with zero attached hydrogens (tertiary/aromatic N) is 1. The third-order valence-electron chi connectivity index (χ3n) is 2.95. The van der Waals surface area contributed by atoms with E-state index in [9.17, 15) is 19.7 Å². The van der Waals surface area contributed by atoms with Crippen molar-refractivity contribution in [3.8, 4) is 0 Å². The lowest BCUT2D eigenvalue weighted by Gasteiger charge is -2.14. The molecule has 0 heterocycles. The van der Waals surface area contributed by atoms with Crippen LogP contribution in [0.25, 0.3) is 0 Å². The number of aryl methyl sites for hydroxylation is 1. The fourth-order valence-electron chi connectivity index (χ4n) is 1.75. The van der Waals surface area contributed by atoms with Crippen LogP contribution in [0, 0.1) is 17.0 Å². The summed E-state index contributed by atoms with van der Waals surface area (Å²) in [7, 11) is 0. The first-order valence-electron chi connectivity index (χ1n) is 6.70. The summed E-state index contributed by atoms with van der Waals surface area (Å²) in [6.07, 6.45) is 0.813. The highest BCUT2D eigenvalue weighted by molar-refractivity contribution is 5.97. The van der Waals surface area contributed by atoms with Gasteiger partial charge in [-0.25, -0.2) is 0 Å². The lowest BCUT2D eigenvalue weighted by molar-refractivity contribution is -0.385. The summed E-state index contributed by atoms with van der Waals surface area (Å²) in [4.78, 5) is 33.9. The SMILES string of the molecule is CCCNC(=O)[C@@H](C)NC(=O)c1ccc([N+](=O)[O-])c(C)c1. The van der Waals surface area contributed by atoms with Gasteiger partial charge in [-0.15, -0.1) is 0 Å². The zero-order valence-electron chi connectivity index (χ0n) is 12.3. The van der Waals surface area contributed by atoms with Crippen molar-refractivity contribution in [3.63, 3.8) is 0 Å². The zero-order chi connectivity index (χ0) is 16.0. The normalized spacial score (nSPS) is 11.6. The molecule has 1 aromatic carbocycles. The molecular formula is C14H19N3O4. The first-order valence-corrected chi connectivity index (χ1v) is 6.70. The Kier molecular flexibility index (Phi) is 5.83. The van der Waals surface area contributed by atoms with Gasteiger partial charge in [-0.05, 0) is 32.4 Å². The molecule has 0 aromatic heterocycles. The number of hydrogen-bond acceptors (Lipinski definition) is 4. The summed E-state index contributed by atoms with van der Waals surface area (Å²) < 4.78 is 0. The van der Waals surface area contributed by atoms with Crippen molar-refractivity contribution in [2.45, 2.75) is 33.2 Å². The molecule has 114 valence electrons. The van der Waals surface area contributed by atoms with Gasteiger partial charge in [-0.1, -0.05) is 6.92 Å². The average molecular weight is 293 g/mol. The molecule has 0 radical (unpaired) electrons. The minimum Gasteiger partial charge on any atom is -0.354 e. The molecule has 2 amide bonds. The van der Waals surface area contributed by atoms with Gasteiger partial charge in [0.05, 0.1) is 4.92 Å². The molecule has 7 nitrogen and oxygen atoms in total. The molecule has 1 aromatic rings. The van der Waals surface area contributed by atoms with E-state index in [0.717, 1.165) is 6.42 Å². The van der Waals surface area contributed by atoms with E-state index >= 15 is 0 Å². The zero-order valence-corrected chi connectivity index (χ0v) is 12.3. The minimum atomic E-state index is -0.667. The van der Waals surface area contributed by atoms with E-state index in [1.165, 1.54) is 18.2 Å². The van der Waals surface area contributed by atoms with E-state index in [-0.39, 0.29) is 17.2 Å². The molecule has 2 N–H and O–H groups in total. The van der Waals surface area contributed by atoms with E-state index in [4.69, 9.17) is 0 Å². The second kappa shape index (κ2) is 7.37. The van der Waals surface area contributed by atoms with Gasteiger partial charge in [-0.2, -0.15) is 0 Å². The summed E-state index contributed by atoms with van der Waals surface area (Å²) in [5.74, 6) is -0.698. The van der Waals surface area contributed by atoms with Crippen LogP contribution in [0.5, 0.6) is 0 Å². The van der Waals surface area contributed by atoms with E-state index in [1.54, 1.807) is 13.8 Å². The van der Waals surface area contributed by atoms with Gasteiger partial charge in [0.2, 0.25) is 5.91 Å². The number of nitro benzene ring substituents is 1. The lowest BCUT2D eigenvalue weighted by atomic mass is 10.1. The van der Waals surface area contributed by atoms with Crippen LogP contribution in [-0.4, -0.2) is 29.3 Å². The third-order valence-corrected chi connectivity index (χ3v) is 2.95. The standard InChI is InChI=1S/C14H19N3O4/c1-4-7-15-13(18)10(3)16-14(19)11-5-6-12(17(20)21)9(2)8-11/h5-6,8,10H,4,7H2,1-3H3,(H,15,18)(H,16,19)/t10-/m1/s1. The highest BCUT2D eigenvalue weighted by Crippen LogP contribution is 2.18. The van der Waals surface area contributed by atoms with E-state index in [2.05, 4.69) is 10.6 Å². The van der Waals surface area contributed by atoms with Crippen molar-refractivity contribution in [2.75, 3.05) is 6.54 Å². The molecule has 1 atom stereocenters. The van der Waals surface area contributed by atoms with E-state index < -0.39 is 16.9 Å².